The van der Waals surface area contributed by atoms with Gasteiger partial charge in [-0.1, -0.05) is 149 Å². The monoisotopic (exact) mass is 509 g/mol. The van der Waals surface area contributed by atoms with Crippen LogP contribution in [-0.4, -0.2) is 48.9 Å². The summed E-state index contributed by atoms with van der Waals surface area (Å²) in [5, 5.41) is 0. The molecule has 36 heavy (non-hydrogen) atoms. The van der Waals surface area contributed by atoms with E-state index in [1.54, 1.807) is 0 Å². The van der Waals surface area contributed by atoms with Crippen LogP contribution >= 0.6 is 0 Å². The molecule has 0 aromatic heterocycles. The molecule has 0 aliphatic heterocycles. The highest BCUT2D eigenvalue weighted by Gasteiger charge is 2.22. The van der Waals surface area contributed by atoms with Crippen LogP contribution in [0.1, 0.15) is 175 Å². The van der Waals surface area contributed by atoms with Crippen molar-refractivity contribution in [1.82, 2.24) is 9.80 Å². The van der Waals surface area contributed by atoms with Gasteiger partial charge in [-0.05, 0) is 33.4 Å². The minimum absolute atomic E-state index is 0.407. The van der Waals surface area contributed by atoms with Crippen molar-refractivity contribution < 1.29 is 4.79 Å². The van der Waals surface area contributed by atoms with Gasteiger partial charge < -0.3 is 9.80 Å². The molecule has 0 radical (unpaired) electrons. The lowest BCUT2D eigenvalue weighted by atomic mass is 9.97. The van der Waals surface area contributed by atoms with Gasteiger partial charge in [0.05, 0.1) is 0 Å². The first kappa shape index (κ1) is 35.4. The molecule has 1 unspecified atom stereocenters. The highest BCUT2D eigenvalue weighted by molar-refractivity contribution is 5.76. The van der Waals surface area contributed by atoms with Crippen molar-refractivity contribution >= 4 is 5.91 Å². The lowest BCUT2D eigenvalue weighted by Crippen LogP contribution is -2.42. The second-order valence-corrected chi connectivity index (χ2v) is 11.7. The molecule has 0 rings (SSSR count). The summed E-state index contributed by atoms with van der Waals surface area (Å²) in [5.74, 6) is 0.407. The quantitative estimate of drug-likeness (QED) is 0.0981. The maximum Gasteiger partial charge on any atom is 0.224 e. The molecule has 216 valence electrons. The van der Waals surface area contributed by atoms with Crippen molar-refractivity contribution in [2.45, 2.75) is 181 Å². The number of hydrogen-bond acceptors (Lipinski definition) is 2. The third kappa shape index (κ3) is 22.6. The van der Waals surface area contributed by atoms with Gasteiger partial charge >= 0.3 is 0 Å². The number of hydrogen-bond donors (Lipinski definition) is 0. The van der Waals surface area contributed by atoms with E-state index in [0.717, 1.165) is 13.1 Å². The van der Waals surface area contributed by atoms with Crippen LogP contribution in [-0.2, 0) is 4.79 Å². The normalized spacial score (nSPS) is 12.4. The maximum absolute atomic E-state index is 13.4. The average Bonchev–Trinajstić information content (AvgIpc) is 2.87. The predicted molar refractivity (Wildman–Crippen MR) is 162 cm³/mol. The van der Waals surface area contributed by atoms with Crippen LogP contribution in [0.15, 0.2) is 0 Å². The molecule has 0 aromatic rings. The number of carbonyl (C=O) groups is 1. The summed E-state index contributed by atoms with van der Waals surface area (Å²) in [6.45, 7) is 8.73. The van der Waals surface area contributed by atoms with Crippen LogP contribution in [0.2, 0.25) is 0 Å². The van der Waals surface area contributed by atoms with Crippen LogP contribution in [0.4, 0.5) is 0 Å². The lowest BCUT2D eigenvalue weighted by Gasteiger charge is -2.33. The molecule has 0 aromatic carbocycles. The zero-order valence-electron chi connectivity index (χ0n) is 25.8. The molecule has 0 bridgehead atoms. The van der Waals surface area contributed by atoms with Crippen molar-refractivity contribution in [2.24, 2.45) is 0 Å². The molecule has 0 saturated carbocycles. The Hall–Kier alpha value is -0.570. The van der Waals surface area contributed by atoms with E-state index < -0.39 is 0 Å². The third-order valence-corrected chi connectivity index (χ3v) is 7.82. The van der Waals surface area contributed by atoms with Crippen molar-refractivity contribution in [3.05, 3.63) is 0 Å². The minimum Gasteiger partial charge on any atom is -0.340 e. The second-order valence-electron chi connectivity index (χ2n) is 11.7. The van der Waals surface area contributed by atoms with E-state index in [2.05, 4.69) is 44.7 Å². The van der Waals surface area contributed by atoms with Gasteiger partial charge in [-0.3, -0.25) is 4.79 Å². The molecule has 0 aliphatic carbocycles. The Bertz CT molecular complexity index is 451. The van der Waals surface area contributed by atoms with Gasteiger partial charge in [0.15, 0.2) is 0 Å². The van der Waals surface area contributed by atoms with E-state index >= 15 is 0 Å². The van der Waals surface area contributed by atoms with Crippen molar-refractivity contribution in [3.63, 3.8) is 0 Å². The Morgan fingerprint density at radius 2 is 0.861 bits per heavy atom. The van der Waals surface area contributed by atoms with Gasteiger partial charge in [-0.25, -0.2) is 0 Å². The summed E-state index contributed by atoms with van der Waals surface area (Å²) < 4.78 is 0. The smallest absolute Gasteiger partial charge is 0.224 e. The minimum atomic E-state index is 0.407. The molecule has 0 aliphatic rings. The summed E-state index contributed by atoms with van der Waals surface area (Å²) in [4.78, 5) is 17.9. The first-order chi connectivity index (χ1) is 17.6. The van der Waals surface area contributed by atoms with Crippen LogP contribution in [0.25, 0.3) is 0 Å². The van der Waals surface area contributed by atoms with Gasteiger partial charge in [0.1, 0.15) is 0 Å². The van der Waals surface area contributed by atoms with E-state index in [4.69, 9.17) is 0 Å². The van der Waals surface area contributed by atoms with Crippen molar-refractivity contribution in [2.75, 3.05) is 27.2 Å². The number of nitrogens with zero attached hydrogens (tertiary/aromatic N) is 2. The van der Waals surface area contributed by atoms with Crippen molar-refractivity contribution in [3.8, 4) is 0 Å². The molecular weight excluding hydrogens is 440 g/mol. The summed E-state index contributed by atoms with van der Waals surface area (Å²) in [6.07, 6.45) is 31.3. The second kappa shape index (κ2) is 27.5. The standard InChI is InChI=1S/C33H68N2O/c1-6-9-12-15-17-19-22-25-28-32(27-24-21-14-11-8-3)35(33(36)29-31-34(4)5)30-26-23-20-18-16-13-10-7-2/h32H,6-31H2,1-5H3. The highest BCUT2D eigenvalue weighted by atomic mass is 16.2. The van der Waals surface area contributed by atoms with E-state index in [-0.39, 0.29) is 0 Å². The predicted octanol–water partition coefficient (Wildman–Crippen LogP) is 10.2. The fourth-order valence-electron chi connectivity index (χ4n) is 5.34. The topological polar surface area (TPSA) is 23.6 Å². The van der Waals surface area contributed by atoms with E-state index in [1.165, 1.54) is 148 Å². The van der Waals surface area contributed by atoms with Crippen LogP contribution in [0.5, 0.6) is 0 Å². The Morgan fingerprint density at radius 1 is 0.500 bits per heavy atom. The molecule has 3 nitrogen and oxygen atoms in total. The third-order valence-electron chi connectivity index (χ3n) is 7.82. The molecular formula is C33H68N2O. The van der Waals surface area contributed by atoms with Crippen LogP contribution < -0.4 is 0 Å². The SMILES string of the molecule is CCCCCCCCCCC(CCCCCCC)N(CCCCCCCCCC)C(=O)CCN(C)C. The fraction of sp³-hybridized carbons (Fsp3) is 0.970. The summed E-state index contributed by atoms with van der Waals surface area (Å²) in [6, 6.07) is 0.464. The molecule has 3 heteroatoms. The summed E-state index contributed by atoms with van der Waals surface area (Å²) in [5.41, 5.74) is 0. The van der Waals surface area contributed by atoms with Crippen LogP contribution in [0, 0.1) is 0 Å². The molecule has 0 spiro atoms. The molecule has 0 saturated heterocycles. The number of unbranched alkanes of at least 4 members (excludes halogenated alkanes) is 18. The molecule has 0 heterocycles. The van der Waals surface area contributed by atoms with Gasteiger partial charge in [-0.2, -0.15) is 0 Å². The zero-order chi connectivity index (χ0) is 26.7. The highest BCUT2D eigenvalue weighted by Crippen LogP contribution is 2.21. The lowest BCUT2D eigenvalue weighted by molar-refractivity contribution is -0.134. The fourth-order valence-corrected chi connectivity index (χ4v) is 5.34. The largest absolute Gasteiger partial charge is 0.340 e. The summed E-state index contributed by atoms with van der Waals surface area (Å²) >= 11 is 0. The average molecular weight is 509 g/mol. The number of carbonyl (C=O) groups excluding carboxylic acids is 1. The number of amides is 1. The maximum atomic E-state index is 13.4. The van der Waals surface area contributed by atoms with E-state index in [0.29, 0.717) is 18.4 Å². The van der Waals surface area contributed by atoms with Crippen molar-refractivity contribution in [1.29, 1.82) is 0 Å². The Balaban J connectivity index is 4.80. The Morgan fingerprint density at radius 3 is 1.25 bits per heavy atom. The molecule has 0 fully saturated rings. The van der Waals surface area contributed by atoms with E-state index in [9.17, 15) is 4.79 Å². The zero-order valence-corrected chi connectivity index (χ0v) is 25.8. The Kier molecular flexibility index (Phi) is 27.0. The summed E-state index contributed by atoms with van der Waals surface area (Å²) in [7, 11) is 4.17. The van der Waals surface area contributed by atoms with Gasteiger partial charge in [0.2, 0.25) is 5.91 Å². The first-order valence-electron chi connectivity index (χ1n) is 16.5. The Labute approximate surface area is 228 Å². The number of rotatable bonds is 28. The molecule has 0 N–H and O–H groups in total. The van der Waals surface area contributed by atoms with E-state index in [1.807, 2.05) is 0 Å². The first-order valence-corrected chi connectivity index (χ1v) is 16.5. The molecule has 1 atom stereocenters. The van der Waals surface area contributed by atoms with Gasteiger partial charge in [0, 0.05) is 25.6 Å². The van der Waals surface area contributed by atoms with Gasteiger partial charge in [0.25, 0.3) is 0 Å². The van der Waals surface area contributed by atoms with Crippen LogP contribution in [0.3, 0.4) is 0 Å². The van der Waals surface area contributed by atoms with Gasteiger partial charge in [-0.15, -0.1) is 0 Å². The molecule has 1 amide bonds.